The van der Waals surface area contributed by atoms with Crippen LogP contribution in [0.5, 0.6) is 5.75 Å². The highest BCUT2D eigenvalue weighted by Gasteiger charge is 2.57. The topological polar surface area (TPSA) is 46.5 Å². The Morgan fingerprint density at radius 2 is 1.82 bits per heavy atom. The summed E-state index contributed by atoms with van der Waals surface area (Å²) in [6.07, 6.45) is 15.9. The third-order valence-corrected chi connectivity index (χ3v) is 9.58. The Kier molecular flexibility index (Phi) is 8.31. The van der Waals surface area contributed by atoms with Crippen molar-refractivity contribution in [3.8, 4) is 5.75 Å². The molecular weight excluding hydrogens is 432 g/mol. The normalized spacial score (nSPS) is 32.6. The average Bonchev–Trinajstić information content (AvgIpc) is 3.10. The number of unbranched alkanes of at least 4 members (excludes halogenated alkanes) is 6. The Morgan fingerprint density at radius 1 is 1.09 bits per heavy atom. The Hall–Kier alpha value is -1.22. The first-order valence-corrected chi connectivity index (χ1v) is 14.0. The number of hydrogen-bond donors (Lipinski definition) is 1. The van der Waals surface area contributed by atoms with E-state index in [2.05, 4.69) is 13.0 Å². The van der Waals surface area contributed by atoms with E-state index >= 15 is 0 Å². The lowest BCUT2D eigenvalue weighted by atomic mass is 9.52. The van der Waals surface area contributed by atoms with Crippen molar-refractivity contribution in [2.24, 2.45) is 23.2 Å². The van der Waals surface area contributed by atoms with Gasteiger partial charge in [-0.25, -0.2) is 0 Å². The molecule has 1 aromatic carbocycles. The fraction of sp³-hybridized carbons (Fsp3) is 0.759. The number of phenolic OH excluding ortho intramolecular Hbond substituents is 1. The second-order valence-electron chi connectivity index (χ2n) is 11.3. The van der Waals surface area contributed by atoms with Crippen molar-refractivity contribution in [3.05, 3.63) is 29.3 Å². The van der Waals surface area contributed by atoms with Crippen LogP contribution in [0, 0.1) is 23.2 Å². The van der Waals surface area contributed by atoms with E-state index in [1.165, 1.54) is 68.9 Å². The van der Waals surface area contributed by atoms with Crippen molar-refractivity contribution in [3.63, 3.8) is 0 Å². The minimum atomic E-state index is -0.129. The van der Waals surface area contributed by atoms with E-state index < -0.39 is 0 Å². The standard InChI is InChI=1S/C29H43ClO3/c1-20(31)33-27-14-13-26-28-21(10-8-6-4-3-5-7-9-17-30)18-22-19-23(32)11-12-24(22)25(28)15-16-29(26,27)2/h11-12,19,21,25-28,32H,3-10,13-18H2,1-2H3/t21-,25-,26+,27+,28-,29+/m1/s1. The quantitative estimate of drug-likeness (QED) is 0.214. The molecule has 0 bridgehead atoms. The van der Waals surface area contributed by atoms with Crippen LogP contribution in [0.1, 0.15) is 108 Å². The summed E-state index contributed by atoms with van der Waals surface area (Å²) in [5, 5.41) is 10.2. The maximum absolute atomic E-state index is 11.8. The molecule has 1 N–H and O–H groups in total. The van der Waals surface area contributed by atoms with E-state index in [9.17, 15) is 9.90 Å². The lowest BCUT2D eigenvalue weighted by Crippen LogP contribution is -2.48. The van der Waals surface area contributed by atoms with Gasteiger partial charge in [0.15, 0.2) is 0 Å². The highest BCUT2D eigenvalue weighted by Crippen LogP contribution is 2.63. The number of benzene rings is 1. The first-order chi connectivity index (χ1) is 15.9. The molecule has 0 aromatic heterocycles. The number of carbonyl (C=O) groups excluding carboxylic acids is 1. The van der Waals surface area contributed by atoms with E-state index in [4.69, 9.17) is 16.3 Å². The summed E-state index contributed by atoms with van der Waals surface area (Å²) in [6, 6.07) is 6.10. The molecule has 0 radical (unpaired) electrons. The van der Waals surface area contributed by atoms with Crippen LogP contribution in [0.4, 0.5) is 0 Å². The Balaban J connectivity index is 1.46. The van der Waals surface area contributed by atoms with E-state index in [1.807, 2.05) is 12.1 Å². The van der Waals surface area contributed by atoms with Crippen molar-refractivity contribution in [2.45, 2.75) is 109 Å². The Bertz CT molecular complexity index is 808. The fourth-order valence-electron chi connectivity index (χ4n) is 7.79. The molecule has 33 heavy (non-hydrogen) atoms. The fourth-order valence-corrected chi connectivity index (χ4v) is 7.98. The van der Waals surface area contributed by atoms with Gasteiger partial charge >= 0.3 is 5.97 Å². The molecule has 0 heterocycles. The summed E-state index contributed by atoms with van der Waals surface area (Å²) in [5.41, 5.74) is 2.97. The van der Waals surface area contributed by atoms with Gasteiger partial charge in [0, 0.05) is 18.2 Å². The van der Waals surface area contributed by atoms with Gasteiger partial charge in [-0.2, -0.15) is 0 Å². The minimum Gasteiger partial charge on any atom is -0.508 e. The van der Waals surface area contributed by atoms with Crippen LogP contribution in [0.15, 0.2) is 18.2 Å². The number of rotatable bonds is 10. The first-order valence-electron chi connectivity index (χ1n) is 13.5. The molecular formula is C29H43ClO3. The summed E-state index contributed by atoms with van der Waals surface area (Å²) < 4.78 is 5.86. The molecule has 0 amide bonds. The van der Waals surface area contributed by atoms with Gasteiger partial charge in [-0.15, -0.1) is 11.6 Å². The Labute approximate surface area is 205 Å². The van der Waals surface area contributed by atoms with Crippen LogP contribution < -0.4 is 0 Å². The number of ether oxygens (including phenoxy) is 1. The molecule has 4 heteroatoms. The number of phenols is 1. The number of esters is 1. The van der Waals surface area contributed by atoms with Crippen LogP contribution >= 0.6 is 11.6 Å². The summed E-state index contributed by atoms with van der Waals surface area (Å²) >= 11 is 5.79. The number of hydrogen-bond acceptors (Lipinski definition) is 3. The average molecular weight is 475 g/mol. The van der Waals surface area contributed by atoms with E-state index in [1.54, 1.807) is 6.92 Å². The van der Waals surface area contributed by atoms with Crippen molar-refractivity contribution >= 4 is 17.6 Å². The maximum Gasteiger partial charge on any atom is 0.302 e. The van der Waals surface area contributed by atoms with E-state index in [-0.39, 0.29) is 17.5 Å². The van der Waals surface area contributed by atoms with Gasteiger partial charge in [-0.3, -0.25) is 4.79 Å². The number of fused-ring (bicyclic) bond motifs is 5. The van der Waals surface area contributed by atoms with Crippen molar-refractivity contribution in [1.82, 2.24) is 0 Å². The zero-order valence-electron chi connectivity index (χ0n) is 20.7. The lowest BCUT2D eigenvalue weighted by molar-refractivity contribution is -0.155. The molecule has 3 nitrogen and oxygen atoms in total. The van der Waals surface area contributed by atoms with Crippen LogP contribution in [0.25, 0.3) is 0 Å². The largest absolute Gasteiger partial charge is 0.508 e. The minimum absolute atomic E-state index is 0.0794. The molecule has 1 aromatic rings. The SMILES string of the molecule is CC(=O)O[C@H]1CC[C@H]2[C@@H]3[C@H](CCCCCCCCCCl)Cc4cc(O)ccc4[C@H]3CC[C@]12C. The highest BCUT2D eigenvalue weighted by molar-refractivity contribution is 6.17. The number of carbonyl (C=O) groups is 1. The van der Waals surface area contributed by atoms with E-state index in [0.717, 1.165) is 31.6 Å². The van der Waals surface area contributed by atoms with Gasteiger partial charge in [0.2, 0.25) is 0 Å². The zero-order valence-corrected chi connectivity index (χ0v) is 21.4. The predicted molar refractivity (Wildman–Crippen MR) is 135 cm³/mol. The van der Waals surface area contributed by atoms with Crippen molar-refractivity contribution in [2.75, 3.05) is 5.88 Å². The number of aromatic hydroxyl groups is 1. The molecule has 3 aliphatic rings. The monoisotopic (exact) mass is 474 g/mol. The molecule has 3 aliphatic carbocycles. The highest BCUT2D eigenvalue weighted by atomic mass is 35.5. The smallest absolute Gasteiger partial charge is 0.302 e. The number of alkyl halides is 1. The van der Waals surface area contributed by atoms with Gasteiger partial charge in [-0.1, -0.05) is 51.5 Å². The molecule has 4 rings (SSSR count). The molecule has 2 saturated carbocycles. The zero-order chi connectivity index (χ0) is 23.4. The van der Waals surface area contributed by atoms with E-state index in [0.29, 0.717) is 29.4 Å². The second-order valence-corrected chi connectivity index (χ2v) is 11.7. The molecule has 0 spiro atoms. The lowest BCUT2D eigenvalue weighted by Gasteiger charge is -2.53. The van der Waals surface area contributed by atoms with Gasteiger partial charge < -0.3 is 9.84 Å². The van der Waals surface area contributed by atoms with Gasteiger partial charge in [-0.05, 0) is 91.9 Å². The van der Waals surface area contributed by atoms with Gasteiger partial charge in [0.05, 0.1) is 0 Å². The summed E-state index contributed by atoms with van der Waals surface area (Å²) in [6.45, 7) is 3.96. The molecule has 6 atom stereocenters. The van der Waals surface area contributed by atoms with Gasteiger partial charge in [0.1, 0.15) is 11.9 Å². The third kappa shape index (κ3) is 5.39. The van der Waals surface area contributed by atoms with Crippen LogP contribution in [0.2, 0.25) is 0 Å². The number of halogens is 1. The van der Waals surface area contributed by atoms with Crippen molar-refractivity contribution in [1.29, 1.82) is 0 Å². The Morgan fingerprint density at radius 3 is 2.55 bits per heavy atom. The van der Waals surface area contributed by atoms with Crippen LogP contribution in [-0.2, 0) is 16.0 Å². The summed E-state index contributed by atoms with van der Waals surface area (Å²) in [7, 11) is 0. The molecule has 184 valence electrons. The summed E-state index contributed by atoms with van der Waals surface area (Å²) in [5.74, 6) is 3.62. The predicted octanol–water partition coefficient (Wildman–Crippen LogP) is 7.77. The maximum atomic E-state index is 11.8. The third-order valence-electron chi connectivity index (χ3n) is 9.31. The molecule has 0 aliphatic heterocycles. The first kappa shape index (κ1) is 24.9. The second kappa shape index (κ2) is 11.0. The van der Waals surface area contributed by atoms with Gasteiger partial charge in [0.25, 0.3) is 0 Å². The van der Waals surface area contributed by atoms with Crippen LogP contribution in [0.3, 0.4) is 0 Å². The molecule has 2 fully saturated rings. The molecule has 0 saturated heterocycles. The van der Waals surface area contributed by atoms with Crippen LogP contribution in [-0.4, -0.2) is 23.1 Å². The summed E-state index contributed by atoms with van der Waals surface area (Å²) in [4.78, 5) is 11.8. The van der Waals surface area contributed by atoms with Crippen molar-refractivity contribution < 1.29 is 14.6 Å². The molecule has 0 unspecified atom stereocenters.